The van der Waals surface area contributed by atoms with Crippen molar-refractivity contribution in [3.8, 4) is 0 Å². The van der Waals surface area contributed by atoms with Crippen LogP contribution in [-0.4, -0.2) is 7.25 Å². The van der Waals surface area contributed by atoms with Crippen molar-refractivity contribution in [2.24, 2.45) is 0 Å². The van der Waals surface area contributed by atoms with Crippen molar-refractivity contribution in [3.63, 3.8) is 0 Å². The van der Waals surface area contributed by atoms with Gasteiger partial charge in [0.2, 0.25) is 5.39 Å². The Morgan fingerprint density at radius 1 is 1.13 bits per heavy atom. The Balaban J connectivity index is 0.000000336. The van der Waals surface area contributed by atoms with Gasteiger partial charge in [-0.15, -0.1) is 0 Å². The highest BCUT2D eigenvalue weighted by atomic mass is 79.9. The first-order chi connectivity index (χ1) is 6.83. The molecule has 0 aliphatic rings. The third-order valence-corrected chi connectivity index (χ3v) is 1.70. The maximum absolute atomic E-state index is 9.75. The molecule has 0 amide bonds. The van der Waals surface area contributed by atoms with Crippen LogP contribution in [0.15, 0.2) is 28.7 Å². The Morgan fingerprint density at radius 3 is 1.87 bits per heavy atom. The molecule has 0 radical (unpaired) electrons. The zero-order chi connectivity index (χ0) is 11.9. The minimum absolute atomic E-state index is 0.368. The molecule has 0 aromatic heterocycles. The molecule has 82 valence electrons. The molecule has 1 aromatic rings. The van der Waals surface area contributed by atoms with Gasteiger partial charge in [-0.2, -0.15) is 0 Å². The lowest BCUT2D eigenvalue weighted by atomic mass is 10.2. The van der Waals surface area contributed by atoms with Gasteiger partial charge in [-0.25, -0.2) is 0 Å². The van der Waals surface area contributed by atoms with Crippen LogP contribution in [0, 0.1) is 5.39 Å². The summed E-state index contributed by atoms with van der Waals surface area (Å²) in [6.07, 6.45) is 0. The second-order valence-electron chi connectivity index (χ2n) is 2.42. The average Bonchev–Trinajstić information content (AvgIpc) is 2.06. The van der Waals surface area contributed by atoms with E-state index in [0.717, 1.165) is 10.0 Å². The third-order valence-electron chi connectivity index (χ3n) is 1.17. The summed E-state index contributed by atoms with van der Waals surface area (Å²) < 4.78 is 40.0. The predicted octanol–water partition coefficient (Wildman–Crippen LogP) is 4.10. The highest BCUT2D eigenvalue weighted by molar-refractivity contribution is 9.10. The van der Waals surface area contributed by atoms with Crippen molar-refractivity contribution >= 4 is 23.2 Å². The van der Waals surface area contributed by atoms with E-state index in [1.54, 1.807) is 0 Å². The number of benzene rings is 1. The fraction of sp³-hybridized carbons (Fsp3) is 0.143. The lowest BCUT2D eigenvalue weighted by Gasteiger charge is -1.94. The summed E-state index contributed by atoms with van der Waals surface area (Å²) in [6, 6.07) is 7.65. The topological polar surface area (TPSA) is 28.1 Å². The highest BCUT2D eigenvalue weighted by Crippen LogP contribution is 2.10. The van der Waals surface area contributed by atoms with Gasteiger partial charge in [0, 0.05) is 10.0 Å². The van der Waals surface area contributed by atoms with Crippen LogP contribution < -0.4 is 0 Å². The van der Waals surface area contributed by atoms with Crippen LogP contribution in [0.4, 0.5) is 17.3 Å². The maximum atomic E-state index is 9.75. The Hall–Kier alpha value is -1.10. The van der Waals surface area contributed by atoms with Gasteiger partial charge in [-0.3, -0.25) is 0 Å². The van der Waals surface area contributed by atoms with Crippen LogP contribution in [0.5, 0.6) is 0 Å². The van der Waals surface area contributed by atoms with Gasteiger partial charge in [0.05, 0.1) is 0 Å². The molecule has 1 aromatic carbocycles. The van der Waals surface area contributed by atoms with Gasteiger partial charge < -0.3 is 17.3 Å². The molecule has 0 atom stereocenters. The largest absolute Gasteiger partial charge is 0.673 e. The van der Waals surface area contributed by atoms with Crippen molar-refractivity contribution in [2.45, 2.75) is 6.54 Å². The second kappa shape index (κ2) is 6.40. The maximum Gasteiger partial charge on any atom is 0.673 e. The SMILES string of the molecule is F[B-](F)(F)F.N#[N+]Cc1ccc(Br)cc1. The van der Waals surface area contributed by atoms with E-state index < -0.39 is 7.25 Å². The zero-order valence-corrected chi connectivity index (χ0v) is 8.96. The Bertz CT molecular complexity index is 326. The molecule has 0 saturated heterocycles. The molecule has 0 unspecified atom stereocenters. The third kappa shape index (κ3) is 10.8. The summed E-state index contributed by atoms with van der Waals surface area (Å²) in [5, 5.41) is 8.20. The smallest absolute Gasteiger partial charge is 0.418 e. The first-order valence-electron chi connectivity index (χ1n) is 3.75. The molecular formula is C7H6BBrF4N2. The van der Waals surface area contributed by atoms with Gasteiger partial charge in [-0.1, -0.05) is 28.1 Å². The fourth-order valence-electron chi connectivity index (χ4n) is 0.671. The quantitative estimate of drug-likeness (QED) is 0.433. The van der Waals surface area contributed by atoms with Crippen molar-refractivity contribution in [2.75, 3.05) is 0 Å². The minimum Gasteiger partial charge on any atom is -0.418 e. The van der Waals surface area contributed by atoms with E-state index >= 15 is 0 Å². The molecule has 0 fully saturated rings. The minimum atomic E-state index is -6.00. The number of hydrogen-bond donors (Lipinski definition) is 0. The molecule has 0 heterocycles. The molecule has 0 spiro atoms. The van der Waals surface area contributed by atoms with Crippen LogP contribution in [0.3, 0.4) is 0 Å². The normalized spacial score (nSPS) is 9.87. The van der Waals surface area contributed by atoms with E-state index in [1.165, 1.54) is 0 Å². The van der Waals surface area contributed by atoms with Gasteiger partial charge in [-0.05, 0) is 12.1 Å². The Morgan fingerprint density at radius 2 is 1.53 bits per heavy atom. The molecule has 0 aliphatic carbocycles. The van der Waals surface area contributed by atoms with E-state index in [9.17, 15) is 17.3 Å². The molecule has 0 saturated carbocycles. The van der Waals surface area contributed by atoms with Crippen molar-refractivity contribution < 1.29 is 17.3 Å². The van der Waals surface area contributed by atoms with Gasteiger partial charge in [0.1, 0.15) is 4.98 Å². The number of halogens is 5. The average molecular weight is 285 g/mol. The number of rotatable bonds is 1. The summed E-state index contributed by atoms with van der Waals surface area (Å²) in [7, 11) is -6.00. The highest BCUT2D eigenvalue weighted by Gasteiger charge is 2.20. The van der Waals surface area contributed by atoms with Crippen LogP contribution in [-0.2, 0) is 6.54 Å². The second-order valence-corrected chi connectivity index (χ2v) is 3.34. The molecule has 8 heteroatoms. The summed E-state index contributed by atoms with van der Waals surface area (Å²) >= 11 is 3.30. The lowest BCUT2D eigenvalue weighted by Crippen LogP contribution is -2.02. The monoisotopic (exact) mass is 284 g/mol. The summed E-state index contributed by atoms with van der Waals surface area (Å²) in [5.74, 6) is 0. The molecular weight excluding hydrogens is 279 g/mol. The van der Waals surface area contributed by atoms with E-state index in [1.807, 2.05) is 24.3 Å². The molecule has 1 rings (SSSR count). The van der Waals surface area contributed by atoms with Crippen LogP contribution >= 0.6 is 15.9 Å². The van der Waals surface area contributed by atoms with Crippen molar-refractivity contribution in [1.82, 2.24) is 0 Å². The Labute approximate surface area is 92.1 Å². The molecule has 2 nitrogen and oxygen atoms in total. The standard InChI is InChI=1S/C7H6BrN2.BF4/c8-7-3-1-6(2-4-7)5-10-9;2-1(3,4)5/h1-4H,5H2;/q+1;-1. The first-order valence-corrected chi connectivity index (χ1v) is 4.55. The van der Waals surface area contributed by atoms with Crippen molar-refractivity contribution in [1.29, 1.82) is 5.39 Å². The van der Waals surface area contributed by atoms with E-state index in [0.29, 0.717) is 6.54 Å². The Kier molecular flexibility index (Phi) is 5.93. The van der Waals surface area contributed by atoms with Gasteiger partial charge in [0.25, 0.3) is 0 Å². The van der Waals surface area contributed by atoms with Crippen molar-refractivity contribution in [3.05, 3.63) is 39.3 Å². The molecule has 0 aliphatic heterocycles. The first kappa shape index (κ1) is 13.9. The molecule has 0 N–H and O–H groups in total. The van der Waals surface area contributed by atoms with Crippen LogP contribution in [0.1, 0.15) is 5.56 Å². The summed E-state index contributed by atoms with van der Waals surface area (Å²) in [5.41, 5.74) is 1.01. The predicted molar refractivity (Wildman–Crippen MR) is 53.1 cm³/mol. The molecule has 15 heavy (non-hydrogen) atoms. The van der Waals surface area contributed by atoms with Crippen LogP contribution in [0.2, 0.25) is 0 Å². The lowest BCUT2D eigenvalue weighted by molar-refractivity contribution is 0.368. The summed E-state index contributed by atoms with van der Waals surface area (Å²) in [6.45, 7) is 0.368. The number of nitrogens with zero attached hydrogens (tertiary/aromatic N) is 2. The summed E-state index contributed by atoms with van der Waals surface area (Å²) in [4.78, 5) is 3.02. The number of hydrogen-bond acceptors (Lipinski definition) is 1. The van der Waals surface area contributed by atoms with Gasteiger partial charge in [0.15, 0.2) is 0 Å². The van der Waals surface area contributed by atoms with E-state index in [4.69, 9.17) is 5.39 Å². The molecule has 0 bridgehead atoms. The number of diazo groups is 1. The van der Waals surface area contributed by atoms with Crippen LogP contribution in [0.25, 0.3) is 4.98 Å². The van der Waals surface area contributed by atoms with E-state index in [2.05, 4.69) is 20.9 Å². The fourth-order valence-corrected chi connectivity index (χ4v) is 0.936. The van der Waals surface area contributed by atoms with E-state index in [-0.39, 0.29) is 0 Å². The zero-order valence-electron chi connectivity index (χ0n) is 7.38. The van der Waals surface area contributed by atoms with Gasteiger partial charge >= 0.3 is 13.8 Å².